The zero-order valence-corrected chi connectivity index (χ0v) is 31.2. The lowest BCUT2D eigenvalue weighted by Crippen LogP contribution is -2.44. The third-order valence-electron chi connectivity index (χ3n) is 10.7. The van der Waals surface area contributed by atoms with Crippen molar-refractivity contribution in [2.75, 3.05) is 20.8 Å². The van der Waals surface area contributed by atoms with Crippen molar-refractivity contribution in [2.24, 2.45) is 11.3 Å². The van der Waals surface area contributed by atoms with E-state index < -0.39 is 17.0 Å². The summed E-state index contributed by atoms with van der Waals surface area (Å²) < 4.78 is 30.6. The zero-order valence-electron chi connectivity index (χ0n) is 31.2. The van der Waals surface area contributed by atoms with Gasteiger partial charge in [-0.15, -0.1) is 0 Å². The van der Waals surface area contributed by atoms with Gasteiger partial charge in [-0.1, -0.05) is 55.3 Å². The molecule has 0 unspecified atom stereocenters. The average molecular weight is 710 g/mol. The summed E-state index contributed by atoms with van der Waals surface area (Å²) in [5.74, 6) is 1.21. The molecule has 2 bridgehead atoms. The lowest BCUT2D eigenvalue weighted by atomic mass is 9.61. The fraction of sp³-hybridized carbons (Fsp3) is 0.419. The first-order chi connectivity index (χ1) is 25.0. The van der Waals surface area contributed by atoms with Crippen molar-refractivity contribution in [1.82, 2.24) is 0 Å². The van der Waals surface area contributed by atoms with Crippen LogP contribution in [0.15, 0.2) is 107 Å². The van der Waals surface area contributed by atoms with Crippen molar-refractivity contribution in [3.8, 4) is 11.5 Å². The van der Waals surface area contributed by atoms with E-state index in [1.807, 2.05) is 54.6 Å². The fourth-order valence-electron chi connectivity index (χ4n) is 7.14. The predicted octanol–water partition coefficient (Wildman–Crippen LogP) is 9.75. The number of ether oxygens (including phenoxy) is 5. The molecule has 52 heavy (non-hydrogen) atoms. The molecule has 0 aliphatic heterocycles. The van der Waals surface area contributed by atoms with Crippen molar-refractivity contribution in [3.05, 3.63) is 134 Å². The molecule has 2 aliphatic carbocycles. The number of allylic oxidation sites excluding steroid dienone is 3. The second-order valence-corrected chi connectivity index (χ2v) is 14.2. The van der Waals surface area contributed by atoms with Gasteiger partial charge in [0.2, 0.25) is 0 Å². The fourth-order valence-corrected chi connectivity index (χ4v) is 7.14. The Labute approximate surface area is 307 Å². The maximum absolute atomic E-state index is 13.9. The maximum Gasteiger partial charge on any atom is 0.339 e. The molecule has 0 aromatic heterocycles. The largest absolute Gasteiger partial charge is 0.497 e. The SMILES string of the molecule is COc1ccc(COCC2=C3[C@@H](OC(=O)c4ccc([N+](=O)[O-])cc4)/C=C(\C)CC/C=C(\C)CC[C@]2(C)[C@H](C)C[C@H]3OCc2ccc(OC)cc2)cc1. The summed E-state index contributed by atoms with van der Waals surface area (Å²) >= 11 is 0. The van der Waals surface area contributed by atoms with E-state index in [-0.39, 0.29) is 28.7 Å². The molecule has 0 saturated carbocycles. The number of non-ortho nitro benzene ring substituents is 1. The number of fused-ring (bicyclic) bond motifs is 1. The summed E-state index contributed by atoms with van der Waals surface area (Å²) in [6.45, 7) is 9.95. The maximum atomic E-state index is 13.9. The Bertz CT molecular complexity index is 1770. The number of benzene rings is 3. The first-order valence-corrected chi connectivity index (χ1v) is 18.0. The van der Waals surface area contributed by atoms with Crippen LogP contribution in [0.25, 0.3) is 0 Å². The van der Waals surface area contributed by atoms with Gasteiger partial charge in [-0.3, -0.25) is 10.1 Å². The van der Waals surface area contributed by atoms with Gasteiger partial charge in [-0.05, 0) is 116 Å². The second-order valence-electron chi connectivity index (χ2n) is 14.2. The molecule has 4 atom stereocenters. The minimum absolute atomic E-state index is 0.0929. The molecule has 0 heterocycles. The third kappa shape index (κ3) is 9.57. The number of carbonyl (C=O) groups excluding carboxylic acids is 1. The van der Waals surface area contributed by atoms with Gasteiger partial charge in [-0.25, -0.2) is 4.79 Å². The topological polar surface area (TPSA) is 106 Å². The molecular weight excluding hydrogens is 658 g/mol. The van der Waals surface area contributed by atoms with Crippen LogP contribution >= 0.6 is 0 Å². The van der Waals surface area contributed by atoms with E-state index in [0.29, 0.717) is 19.8 Å². The molecule has 0 saturated heterocycles. The van der Waals surface area contributed by atoms with Crippen molar-refractivity contribution in [1.29, 1.82) is 0 Å². The standard InChI is InChI=1S/C43H51NO8/c1-29-8-7-9-30(2)24-40(52-42(45)34-14-16-35(17-15-34)44(46)47)41-38(28-50-26-32-10-18-36(48-5)19-11-32)43(4,23-22-29)31(3)25-39(41)51-27-33-12-20-37(49-6)21-13-33/h8,10-21,24,31,39-40H,7,9,22-23,25-28H2,1-6H3/b29-8+,30-24+/t31-,39-,40+,43-/m1/s1. The van der Waals surface area contributed by atoms with Crippen molar-refractivity contribution >= 4 is 11.7 Å². The number of nitro groups is 1. The average Bonchev–Trinajstić information content (AvgIpc) is 3.14. The molecular formula is C43H51NO8. The Balaban J connectivity index is 1.60. The van der Waals surface area contributed by atoms with E-state index in [2.05, 4.69) is 33.8 Å². The summed E-state index contributed by atoms with van der Waals surface area (Å²) in [4.78, 5) is 24.7. The second kappa shape index (κ2) is 17.7. The molecule has 2 aliphatic rings. The quantitative estimate of drug-likeness (QED) is 0.0792. The number of rotatable bonds is 12. The summed E-state index contributed by atoms with van der Waals surface area (Å²) in [7, 11) is 3.29. The highest BCUT2D eigenvalue weighted by molar-refractivity contribution is 5.90. The van der Waals surface area contributed by atoms with Crippen LogP contribution in [0.1, 0.15) is 81.3 Å². The summed E-state index contributed by atoms with van der Waals surface area (Å²) in [6.07, 6.45) is 7.50. The number of hydrogen-bond donors (Lipinski definition) is 0. The Morgan fingerprint density at radius 1 is 0.846 bits per heavy atom. The van der Waals surface area contributed by atoms with Crippen LogP contribution in [0, 0.1) is 21.4 Å². The molecule has 3 aromatic carbocycles. The number of nitro benzene ring substituents is 1. The Morgan fingerprint density at radius 3 is 2.06 bits per heavy atom. The smallest absolute Gasteiger partial charge is 0.339 e. The number of nitrogens with zero attached hydrogens (tertiary/aromatic N) is 1. The molecule has 276 valence electrons. The molecule has 0 fully saturated rings. The normalized spacial score (nSPS) is 24.3. The highest BCUT2D eigenvalue weighted by atomic mass is 16.6. The van der Waals surface area contributed by atoms with Crippen LogP contribution < -0.4 is 9.47 Å². The van der Waals surface area contributed by atoms with Crippen LogP contribution in [0.3, 0.4) is 0 Å². The molecule has 5 rings (SSSR count). The van der Waals surface area contributed by atoms with Gasteiger partial charge in [0.15, 0.2) is 0 Å². The van der Waals surface area contributed by atoms with Crippen LogP contribution in [0.2, 0.25) is 0 Å². The monoisotopic (exact) mass is 709 g/mol. The molecule has 0 N–H and O–H groups in total. The Kier molecular flexibility index (Phi) is 13.1. The summed E-state index contributed by atoms with van der Waals surface area (Å²) in [6, 6.07) is 21.2. The first-order valence-electron chi connectivity index (χ1n) is 18.0. The van der Waals surface area contributed by atoms with Crippen LogP contribution in [-0.4, -0.2) is 43.9 Å². The Hall–Kier alpha value is -4.73. The zero-order chi connectivity index (χ0) is 37.3. The van der Waals surface area contributed by atoms with Gasteiger partial charge < -0.3 is 23.7 Å². The minimum Gasteiger partial charge on any atom is -0.497 e. The van der Waals surface area contributed by atoms with Gasteiger partial charge in [0.05, 0.1) is 50.6 Å². The minimum atomic E-state index is -0.750. The third-order valence-corrected chi connectivity index (χ3v) is 10.7. The Morgan fingerprint density at radius 2 is 1.46 bits per heavy atom. The van der Waals surface area contributed by atoms with E-state index in [1.54, 1.807) is 14.2 Å². The van der Waals surface area contributed by atoms with Gasteiger partial charge in [0.25, 0.3) is 5.69 Å². The molecule has 3 aromatic rings. The van der Waals surface area contributed by atoms with E-state index in [0.717, 1.165) is 71.4 Å². The highest BCUT2D eigenvalue weighted by Gasteiger charge is 2.46. The molecule has 0 spiro atoms. The van der Waals surface area contributed by atoms with Crippen molar-refractivity contribution < 1.29 is 33.4 Å². The molecule has 0 amide bonds. The molecule has 0 radical (unpaired) electrons. The van der Waals surface area contributed by atoms with Gasteiger partial charge in [0, 0.05) is 17.7 Å². The van der Waals surface area contributed by atoms with Crippen LogP contribution in [0.5, 0.6) is 11.5 Å². The van der Waals surface area contributed by atoms with Crippen molar-refractivity contribution in [2.45, 2.75) is 85.2 Å². The van der Waals surface area contributed by atoms with Crippen LogP contribution in [-0.2, 0) is 27.4 Å². The lowest BCUT2D eigenvalue weighted by Gasteiger charge is -2.47. The number of esters is 1. The first kappa shape index (κ1) is 38.5. The molecule has 9 nitrogen and oxygen atoms in total. The van der Waals surface area contributed by atoms with E-state index >= 15 is 0 Å². The van der Waals surface area contributed by atoms with Gasteiger partial charge >= 0.3 is 5.97 Å². The number of methoxy groups -OCH3 is 2. The predicted molar refractivity (Wildman–Crippen MR) is 201 cm³/mol. The lowest BCUT2D eigenvalue weighted by molar-refractivity contribution is -0.384. The summed E-state index contributed by atoms with van der Waals surface area (Å²) in [5, 5.41) is 11.3. The highest BCUT2D eigenvalue weighted by Crippen LogP contribution is 2.51. The van der Waals surface area contributed by atoms with E-state index in [9.17, 15) is 14.9 Å². The van der Waals surface area contributed by atoms with Crippen LogP contribution in [0.4, 0.5) is 5.69 Å². The van der Waals surface area contributed by atoms with Crippen molar-refractivity contribution in [3.63, 3.8) is 0 Å². The van der Waals surface area contributed by atoms with Gasteiger partial charge in [-0.2, -0.15) is 0 Å². The van der Waals surface area contributed by atoms with E-state index in [1.165, 1.54) is 29.8 Å². The molecule has 9 heteroatoms. The van der Waals surface area contributed by atoms with Gasteiger partial charge in [0.1, 0.15) is 17.6 Å². The number of carbonyl (C=O) groups is 1. The van der Waals surface area contributed by atoms with E-state index in [4.69, 9.17) is 23.7 Å². The summed E-state index contributed by atoms with van der Waals surface area (Å²) in [5.41, 5.74) is 6.31. The number of hydrogen-bond acceptors (Lipinski definition) is 8.